The molecule has 0 saturated heterocycles. The first-order valence-electron chi connectivity index (χ1n) is 7.04. The number of hydrogen-bond donors (Lipinski definition) is 1. The van der Waals surface area contributed by atoms with Gasteiger partial charge in [0.1, 0.15) is 30.1 Å². The molecule has 1 N–H and O–H groups in total. The summed E-state index contributed by atoms with van der Waals surface area (Å²) in [5.74, 6) is 0.348. The van der Waals surface area contributed by atoms with Crippen molar-refractivity contribution in [1.82, 2.24) is 0 Å². The van der Waals surface area contributed by atoms with Gasteiger partial charge in [-0.2, -0.15) is 0 Å². The fourth-order valence-electron chi connectivity index (χ4n) is 3.02. The van der Waals surface area contributed by atoms with Gasteiger partial charge in [-0.15, -0.1) is 0 Å². The minimum absolute atomic E-state index is 0.0113. The molecule has 0 unspecified atom stereocenters. The van der Waals surface area contributed by atoms with Gasteiger partial charge in [0.25, 0.3) is 0 Å². The van der Waals surface area contributed by atoms with Crippen LogP contribution in [0, 0.1) is 9.49 Å². The molecule has 112 valence electrons. The molecule has 2 aromatic rings. The average Bonchev–Trinajstić information content (AvgIpc) is 3.09. The number of aliphatic carboxylic acids is 1. The Morgan fingerprint density at radius 1 is 1.27 bits per heavy atom. The second-order valence-electron chi connectivity index (χ2n) is 5.59. The molecule has 1 saturated carbocycles. The normalized spacial score (nSPS) is 24.1. The zero-order chi connectivity index (χ0) is 15.3. The highest BCUT2D eigenvalue weighted by atomic mass is 127. The molecule has 0 spiro atoms. The molecule has 3 atom stereocenters. The van der Waals surface area contributed by atoms with E-state index in [9.17, 15) is 4.79 Å². The van der Waals surface area contributed by atoms with E-state index in [-0.39, 0.29) is 17.9 Å². The van der Waals surface area contributed by atoms with Crippen molar-refractivity contribution in [3.8, 4) is 11.5 Å². The Kier molecular flexibility index (Phi) is 3.25. The number of halogens is 1. The van der Waals surface area contributed by atoms with Crippen molar-refractivity contribution >= 4 is 28.6 Å². The fraction of sp³-hybridized carbons (Fsp3) is 0.235. The maximum absolute atomic E-state index is 11.0. The van der Waals surface area contributed by atoms with Crippen LogP contribution in [0.15, 0.2) is 42.5 Å². The van der Waals surface area contributed by atoms with Gasteiger partial charge in [-0.1, -0.05) is 18.2 Å². The van der Waals surface area contributed by atoms with E-state index in [4.69, 9.17) is 14.6 Å². The van der Waals surface area contributed by atoms with Gasteiger partial charge in [-0.25, -0.2) is 0 Å². The summed E-state index contributed by atoms with van der Waals surface area (Å²) in [6.07, 6.45) is -0.196. The minimum atomic E-state index is -0.778. The van der Waals surface area contributed by atoms with Crippen LogP contribution in [0.2, 0.25) is 0 Å². The quantitative estimate of drug-likeness (QED) is 0.788. The van der Waals surface area contributed by atoms with E-state index >= 15 is 0 Å². The molecule has 2 aliphatic rings. The molecule has 2 aromatic carbocycles. The number of rotatable bonds is 4. The zero-order valence-electron chi connectivity index (χ0n) is 11.5. The van der Waals surface area contributed by atoms with Gasteiger partial charge < -0.3 is 14.6 Å². The van der Waals surface area contributed by atoms with Crippen LogP contribution in [0.4, 0.5) is 0 Å². The molecular weight excluding hydrogens is 395 g/mol. The van der Waals surface area contributed by atoms with Crippen LogP contribution in [0.3, 0.4) is 0 Å². The molecular formula is C17H13IO4. The van der Waals surface area contributed by atoms with Crippen molar-refractivity contribution in [2.75, 3.05) is 0 Å². The van der Waals surface area contributed by atoms with Crippen molar-refractivity contribution in [2.24, 2.45) is 5.92 Å². The predicted molar refractivity (Wildman–Crippen MR) is 88.2 cm³/mol. The molecule has 1 fully saturated rings. The Balaban J connectivity index is 1.46. The first-order chi connectivity index (χ1) is 10.6. The number of hydrogen-bond acceptors (Lipinski definition) is 3. The second kappa shape index (κ2) is 5.15. The van der Waals surface area contributed by atoms with E-state index in [0.717, 1.165) is 22.6 Å². The van der Waals surface area contributed by atoms with Crippen molar-refractivity contribution in [2.45, 2.75) is 18.6 Å². The third-order valence-electron chi connectivity index (χ3n) is 4.14. The van der Waals surface area contributed by atoms with Crippen molar-refractivity contribution in [3.05, 3.63) is 57.2 Å². The summed E-state index contributed by atoms with van der Waals surface area (Å²) in [5.41, 5.74) is 2.10. The Hall–Kier alpha value is -1.76. The van der Waals surface area contributed by atoms with Gasteiger partial charge in [0.2, 0.25) is 0 Å². The standard InChI is InChI=1S/C17H13IO4/c18-10-3-1-2-9(6-10)8-21-11-4-5-12-13(7-11)22-16-14(12)15(16)17(19)20/h1-7,14-16H,8H2,(H,19,20)/t14-,15-,16-/m1/s1. The Morgan fingerprint density at radius 2 is 2.14 bits per heavy atom. The number of benzene rings is 2. The van der Waals surface area contributed by atoms with Crippen LogP contribution >= 0.6 is 22.6 Å². The highest BCUT2D eigenvalue weighted by molar-refractivity contribution is 14.1. The molecule has 1 heterocycles. The number of carboxylic acids is 1. The first kappa shape index (κ1) is 13.9. The second-order valence-corrected chi connectivity index (χ2v) is 6.84. The lowest BCUT2D eigenvalue weighted by Gasteiger charge is -2.10. The minimum Gasteiger partial charge on any atom is -0.489 e. The highest BCUT2D eigenvalue weighted by Crippen LogP contribution is 2.58. The van der Waals surface area contributed by atoms with E-state index in [1.807, 2.05) is 36.4 Å². The van der Waals surface area contributed by atoms with Crippen LogP contribution < -0.4 is 9.47 Å². The monoisotopic (exact) mass is 408 g/mol. The largest absolute Gasteiger partial charge is 0.489 e. The number of carbonyl (C=O) groups is 1. The molecule has 0 aromatic heterocycles. The molecule has 22 heavy (non-hydrogen) atoms. The average molecular weight is 408 g/mol. The van der Waals surface area contributed by atoms with Crippen LogP contribution in [0.1, 0.15) is 17.0 Å². The number of ether oxygens (including phenoxy) is 2. The van der Waals surface area contributed by atoms with Gasteiger partial charge in [-0.05, 0) is 46.4 Å². The SMILES string of the molecule is O=C(O)[C@H]1[C@@H]2Oc3cc(OCc4cccc(I)c4)ccc3[C@@H]21. The molecule has 4 nitrogen and oxygen atoms in total. The van der Waals surface area contributed by atoms with Gasteiger partial charge in [-0.3, -0.25) is 4.79 Å². The molecule has 1 aliphatic heterocycles. The maximum atomic E-state index is 11.0. The summed E-state index contributed by atoms with van der Waals surface area (Å²) in [6, 6.07) is 13.8. The Labute approximate surface area is 141 Å². The van der Waals surface area contributed by atoms with Crippen LogP contribution in [0.25, 0.3) is 0 Å². The van der Waals surface area contributed by atoms with E-state index < -0.39 is 5.97 Å². The number of fused-ring (bicyclic) bond motifs is 3. The van der Waals surface area contributed by atoms with Gasteiger partial charge >= 0.3 is 5.97 Å². The van der Waals surface area contributed by atoms with E-state index in [2.05, 4.69) is 28.7 Å². The van der Waals surface area contributed by atoms with E-state index in [1.165, 1.54) is 3.57 Å². The third kappa shape index (κ3) is 2.33. The lowest BCUT2D eigenvalue weighted by Crippen LogP contribution is -2.08. The zero-order valence-corrected chi connectivity index (χ0v) is 13.7. The van der Waals surface area contributed by atoms with Gasteiger partial charge in [0.05, 0.1) is 0 Å². The van der Waals surface area contributed by atoms with Gasteiger partial charge in [0.15, 0.2) is 0 Å². The summed E-state index contributed by atoms with van der Waals surface area (Å²) >= 11 is 2.27. The lowest BCUT2D eigenvalue weighted by molar-refractivity contribution is -0.139. The van der Waals surface area contributed by atoms with Crippen LogP contribution in [-0.4, -0.2) is 17.2 Å². The van der Waals surface area contributed by atoms with Crippen molar-refractivity contribution in [1.29, 1.82) is 0 Å². The molecule has 5 heteroatoms. The lowest BCUT2D eigenvalue weighted by atomic mass is 10.1. The topological polar surface area (TPSA) is 55.8 Å². The van der Waals surface area contributed by atoms with Crippen molar-refractivity contribution in [3.63, 3.8) is 0 Å². The van der Waals surface area contributed by atoms with Crippen LogP contribution in [0.5, 0.6) is 11.5 Å². The molecule has 0 bridgehead atoms. The fourth-order valence-corrected chi connectivity index (χ4v) is 3.62. The van der Waals surface area contributed by atoms with E-state index in [0.29, 0.717) is 6.61 Å². The molecule has 0 radical (unpaired) electrons. The molecule has 1 aliphatic carbocycles. The highest BCUT2D eigenvalue weighted by Gasteiger charge is 2.63. The Bertz CT molecular complexity index is 758. The van der Waals surface area contributed by atoms with E-state index in [1.54, 1.807) is 0 Å². The Morgan fingerprint density at radius 3 is 2.91 bits per heavy atom. The van der Waals surface area contributed by atoms with Crippen LogP contribution in [-0.2, 0) is 11.4 Å². The van der Waals surface area contributed by atoms with Crippen molar-refractivity contribution < 1.29 is 19.4 Å². The maximum Gasteiger partial charge on any atom is 0.311 e. The molecule has 0 amide bonds. The third-order valence-corrected chi connectivity index (χ3v) is 4.81. The predicted octanol–water partition coefficient (Wildman–Crippen LogP) is 3.43. The molecule has 4 rings (SSSR count). The van der Waals surface area contributed by atoms with Gasteiger partial charge in [0, 0.05) is 21.1 Å². The summed E-state index contributed by atoms with van der Waals surface area (Å²) in [5, 5.41) is 9.07. The first-order valence-corrected chi connectivity index (χ1v) is 8.12. The summed E-state index contributed by atoms with van der Waals surface area (Å²) in [4.78, 5) is 11.0. The summed E-state index contributed by atoms with van der Waals surface area (Å²) in [6.45, 7) is 0.500. The number of carboxylic acid groups (broad SMARTS) is 1. The summed E-state index contributed by atoms with van der Waals surface area (Å²) in [7, 11) is 0. The summed E-state index contributed by atoms with van der Waals surface area (Å²) < 4.78 is 12.7. The smallest absolute Gasteiger partial charge is 0.311 e.